The van der Waals surface area contributed by atoms with Crippen LogP contribution in [-0.4, -0.2) is 36.4 Å². The van der Waals surface area contributed by atoms with E-state index in [4.69, 9.17) is 9.22 Å². The fourth-order valence-corrected chi connectivity index (χ4v) is 12.7. The Hall–Kier alpha value is 0.679. The second-order valence-electron chi connectivity index (χ2n) is 8.56. The van der Waals surface area contributed by atoms with Gasteiger partial charge in [0.05, 0.1) is 0 Å². The predicted octanol–water partition coefficient (Wildman–Crippen LogP) is 5.17. The summed E-state index contributed by atoms with van der Waals surface area (Å²) in [6.45, 7) is 23.1. The molecule has 0 fully saturated rings. The zero-order valence-electron chi connectivity index (χ0n) is 15.5. The summed E-state index contributed by atoms with van der Waals surface area (Å²) in [5.41, 5.74) is -0.762. The fraction of sp³-hybridized carbons (Fsp3) is 1.00. The monoisotopic (exact) mass is 396 g/mol. The van der Waals surface area contributed by atoms with Crippen molar-refractivity contribution in [3.05, 3.63) is 0 Å². The molecular weight excluding hydrogens is 359 g/mol. The Kier molecular flexibility index (Phi) is 7.07. The molecule has 0 spiro atoms. The Morgan fingerprint density at radius 2 is 0.950 bits per heavy atom. The van der Waals surface area contributed by atoms with Gasteiger partial charge in [-0.15, -0.1) is 0 Å². The summed E-state index contributed by atoms with van der Waals surface area (Å²) >= 11 is -3.71. The van der Waals surface area contributed by atoms with E-state index in [-0.39, 0.29) is 16.8 Å². The molecule has 0 amide bonds. The van der Waals surface area contributed by atoms with Gasteiger partial charge in [-0.25, -0.2) is 0 Å². The van der Waals surface area contributed by atoms with Gasteiger partial charge in [0.25, 0.3) is 0 Å². The van der Waals surface area contributed by atoms with Crippen molar-refractivity contribution < 1.29 is 9.22 Å². The van der Waals surface area contributed by atoms with E-state index in [1.54, 1.807) is 0 Å². The van der Waals surface area contributed by atoms with E-state index in [1.807, 2.05) is 0 Å². The Morgan fingerprint density at radius 1 is 0.700 bits per heavy atom. The minimum atomic E-state index is -3.71. The van der Waals surface area contributed by atoms with Gasteiger partial charge in [-0.3, -0.25) is 0 Å². The molecule has 0 saturated heterocycles. The van der Waals surface area contributed by atoms with Gasteiger partial charge in [-0.05, 0) is 0 Å². The van der Waals surface area contributed by atoms with Crippen LogP contribution in [0.4, 0.5) is 0 Å². The van der Waals surface area contributed by atoms with E-state index < -0.39 is 19.6 Å². The van der Waals surface area contributed by atoms with Gasteiger partial charge >= 0.3 is 132 Å². The average molecular weight is 395 g/mol. The Morgan fingerprint density at radius 3 is 1.10 bits per heavy atom. The third kappa shape index (κ3) is 8.20. The second-order valence-corrected chi connectivity index (χ2v) is 16.6. The maximum absolute atomic E-state index is 6.50. The van der Waals surface area contributed by atoms with Crippen LogP contribution in [0.25, 0.3) is 0 Å². The van der Waals surface area contributed by atoms with Gasteiger partial charge < -0.3 is 0 Å². The average Bonchev–Trinajstić information content (AvgIpc) is 2.07. The molecule has 0 aliphatic rings. The zero-order chi connectivity index (χ0) is 16.4. The molecule has 0 aromatic carbocycles. The molecule has 122 valence electrons. The van der Waals surface area contributed by atoms with Crippen LogP contribution in [0, 0.1) is 0 Å². The summed E-state index contributed by atoms with van der Waals surface area (Å²) < 4.78 is 19.8. The first kappa shape index (κ1) is 20.7. The van der Waals surface area contributed by atoms with Crippen molar-refractivity contribution in [2.75, 3.05) is 0 Å². The van der Waals surface area contributed by atoms with Crippen LogP contribution in [0.2, 0.25) is 3.93 Å². The number of rotatable bonds is 5. The molecule has 3 nitrogen and oxygen atoms in total. The molecule has 20 heavy (non-hydrogen) atoms. The Labute approximate surface area is 132 Å². The van der Waals surface area contributed by atoms with Crippen LogP contribution in [0.5, 0.6) is 0 Å². The van der Waals surface area contributed by atoms with Crippen molar-refractivity contribution in [1.29, 1.82) is 0 Å². The van der Waals surface area contributed by atoms with Crippen molar-refractivity contribution in [2.45, 2.75) is 103 Å². The van der Waals surface area contributed by atoms with Crippen molar-refractivity contribution in [1.82, 2.24) is 0 Å². The maximum atomic E-state index is 6.50. The summed E-state index contributed by atoms with van der Waals surface area (Å²) in [7, 11) is 0. The molecule has 1 atom stereocenters. The molecule has 0 N–H and O–H groups in total. The third-order valence-electron chi connectivity index (χ3n) is 2.56. The SMILES string of the molecule is CC[CH](C)[Sn]([O]C(C)(C)C)([O]C(C)(C)C)[O]C(C)(C)C. The Balaban J connectivity index is 5.63. The summed E-state index contributed by atoms with van der Waals surface area (Å²) in [6.07, 6.45) is 1.01. The molecule has 0 saturated carbocycles. The molecule has 0 rings (SSSR count). The third-order valence-corrected chi connectivity index (χ3v) is 14.9. The van der Waals surface area contributed by atoms with Crippen LogP contribution in [0.15, 0.2) is 0 Å². The summed E-state index contributed by atoms with van der Waals surface area (Å²) in [4.78, 5) is 0. The molecule has 0 radical (unpaired) electrons. The van der Waals surface area contributed by atoms with E-state index in [0.29, 0.717) is 3.93 Å². The molecular formula is C16H36O3Sn. The number of hydrogen-bond acceptors (Lipinski definition) is 3. The molecule has 0 heterocycles. The van der Waals surface area contributed by atoms with Crippen LogP contribution < -0.4 is 0 Å². The molecule has 0 bridgehead atoms. The summed E-state index contributed by atoms with van der Waals surface area (Å²) in [6, 6.07) is 0. The van der Waals surface area contributed by atoms with Crippen LogP contribution in [-0.2, 0) is 9.22 Å². The van der Waals surface area contributed by atoms with Crippen LogP contribution in [0.3, 0.4) is 0 Å². The fourth-order valence-electron chi connectivity index (χ4n) is 1.89. The first-order valence-corrected chi connectivity index (χ1v) is 12.8. The molecule has 0 aromatic rings. The van der Waals surface area contributed by atoms with E-state index in [2.05, 4.69) is 76.2 Å². The van der Waals surface area contributed by atoms with Crippen molar-refractivity contribution >= 4 is 19.6 Å². The van der Waals surface area contributed by atoms with Gasteiger partial charge in [0.1, 0.15) is 0 Å². The molecule has 0 aliphatic heterocycles. The van der Waals surface area contributed by atoms with Crippen molar-refractivity contribution in [2.24, 2.45) is 0 Å². The van der Waals surface area contributed by atoms with Gasteiger partial charge in [0.15, 0.2) is 0 Å². The molecule has 0 aliphatic carbocycles. The normalized spacial score (nSPS) is 16.4. The van der Waals surface area contributed by atoms with Crippen LogP contribution in [0.1, 0.15) is 82.6 Å². The summed E-state index contributed by atoms with van der Waals surface area (Å²) in [5.74, 6) is 0. The number of hydrogen-bond donors (Lipinski definition) is 0. The predicted molar refractivity (Wildman–Crippen MR) is 88.0 cm³/mol. The van der Waals surface area contributed by atoms with E-state index in [1.165, 1.54) is 0 Å². The van der Waals surface area contributed by atoms with Gasteiger partial charge in [0, 0.05) is 0 Å². The topological polar surface area (TPSA) is 27.7 Å². The Bertz CT molecular complexity index is 254. The first-order chi connectivity index (χ1) is 8.60. The molecule has 1 unspecified atom stereocenters. The van der Waals surface area contributed by atoms with E-state index in [0.717, 1.165) is 6.42 Å². The first-order valence-electron chi connectivity index (χ1n) is 7.71. The standard InChI is InChI=1S/3C4H9O.C4H9.Sn/c3*1-4(2,3)5;1-3-4-2;/h3*1-3H3;3H,4H2,1-2H3;/q3*-1;;+3. The van der Waals surface area contributed by atoms with Crippen LogP contribution >= 0.6 is 0 Å². The minimum absolute atomic E-state index is 0.254. The van der Waals surface area contributed by atoms with Crippen molar-refractivity contribution in [3.63, 3.8) is 0 Å². The van der Waals surface area contributed by atoms with E-state index in [9.17, 15) is 0 Å². The van der Waals surface area contributed by atoms with Crippen molar-refractivity contribution in [3.8, 4) is 0 Å². The zero-order valence-corrected chi connectivity index (χ0v) is 18.4. The molecule has 0 aromatic heterocycles. The van der Waals surface area contributed by atoms with Gasteiger partial charge in [-0.1, -0.05) is 0 Å². The van der Waals surface area contributed by atoms with E-state index >= 15 is 0 Å². The second kappa shape index (κ2) is 6.84. The van der Waals surface area contributed by atoms with Gasteiger partial charge in [-0.2, -0.15) is 0 Å². The molecule has 4 heteroatoms. The quantitative estimate of drug-likeness (QED) is 0.602. The van der Waals surface area contributed by atoms with Gasteiger partial charge in [0.2, 0.25) is 0 Å². The summed E-state index contributed by atoms with van der Waals surface area (Å²) in [5, 5.41) is 0.